The van der Waals surface area contributed by atoms with Crippen LogP contribution in [-0.4, -0.2) is 5.11 Å². The Kier molecular flexibility index (Phi) is 3.96. The molecule has 0 bridgehead atoms. The van der Waals surface area contributed by atoms with Crippen LogP contribution >= 0.6 is 0 Å². The molecule has 0 saturated heterocycles. The second kappa shape index (κ2) is 5.65. The molecule has 0 amide bonds. The van der Waals surface area contributed by atoms with Gasteiger partial charge in [-0.15, -0.1) is 0 Å². The van der Waals surface area contributed by atoms with E-state index in [1.165, 1.54) is 0 Å². The van der Waals surface area contributed by atoms with Crippen molar-refractivity contribution < 1.29 is 5.11 Å². The highest BCUT2D eigenvalue weighted by Crippen LogP contribution is 2.28. The molecule has 0 unspecified atom stereocenters. The third-order valence-electron chi connectivity index (χ3n) is 3.32. The van der Waals surface area contributed by atoms with Crippen LogP contribution in [0.2, 0.25) is 0 Å². The lowest BCUT2D eigenvalue weighted by atomic mass is 9.95. The number of aliphatic hydroxyl groups excluding tert-OH is 1. The van der Waals surface area contributed by atoms with Gasteiger partial charge in [0.05, 0.1) is 0 Å². The van der Waals surface area contributed by atoms with Gasteiger partial charge in [-0.3, -0.25) is 0 Å². The summed E-state index contributed by atoms with van der Waals surface area (Å²) in [5.41, 5.74) is 4.22. The summed E-state index contributed by atoms with van der Waals surface area (Å²) in [6.45, 7) is 4.04. The average Bonchev–Trinajstić information content (AvgIpc) is 2.47. The standard InChI is InChI=1S/C17H18O/c1-13(15-9-5-3-6-10-15)14(2)17(18)16-11-7-4-8-12-16/h3-12,17-18H,1-2H3/b14-13+/t17-/m0/s1. The van der Waals surface area contributed by atoms with Crippen molar-refractivity contribution in [2.45, 2.75) is 20.0 Å². The molecule has 0 aliphatic heterocycles. The fourth-order valence-electron chi connectivity index (χ4n) is 2.01. The van der Waals surface area contributed by atoms with Gasteiger partial charge in [0.1, 0.15) is 6.10 Å². The lowest BCUT2D eigenvalue weighted by Crippen LogP contribution is -2.00. The quantitative estimate of drug-likeness (QED) is 0.849. The van der Waals surface area contributed by atoms with Gasteiger partial charge in [0.2, 0.25) is 0 Å². The maximum Gasteiger partial charge on any atom is 0.100 e. The largest absolute Gasteiger partial charge is 0.384 e. The Morgan fingerprint density at radius 2 is 1.33 bits per heavy atom. The number of benzene rings is 2. The number of hydrogen-bond acceptors (Lipinski definition) is 1. The van der Waals surface area contributed by atoms with Gasteiger partial charge in [-0.05, 0) is 36.1 Å². The van der Waals surface area contributed by atoms with E-state index < -0.39 is 6.10 Å². The molecule has 1 heteroatoms. The Bertz CT molecular complexity index is 526. The number of allylic oxidation sites excluding steroid dienone is 1. The lowest BCUT2D eigenvalue weighted by Gasteiger charge is -2.15. The highest BCUT2D eigenvalue weighted by molar-refractivity contribution is 5.67. The fourth-order valence-corrected chi connectivity index (χ4v) is 2.01. The molecule has 0 radical (unpaired) electrons. The highest BCUT2D eigenvalue weighted by Gasteiger charge is 2.12. The van der Waals surface area contributed by atoms with Crippen molar-refractivity contribution in [1.29, 1.82) is 0 Å². The molecule has 0 aromatic heterocycles. The van der Waals surface area contributed by atoms with Crippen LogP contribution in [0.3, 0.4) is 0 Å². The third-order valence-corrected chi connectivity index (χ3v) is 3.32. The average molecular weight is 238 g/mol. The summed E-state index contributed by atoms with van der Waals surface area (Å²) in [5, 5.41) is 10.4. The van der Waals surface area contributed by atoms with Gasteiger partial charge in [0, 0.05) is 0 Å². The molecule has 0 saturated carbocycles. The minimum absolute atomic E-state index is 0.536. The molecule has 0 fully saturated rings. The van der Waals surface area contributed by atoms with Crippen molar-refractivity contribution >= 4 is 5.57 Å². The molecule has 2 aromatic carbocycles. The van der Waals surface area contributed by atoms with Crippen molar-refractivity contribution in [3.05, 3.63) is 77.4 Å². The maximum absolute atomic E-state index is 10.4. The van der Waals surface area contributed by atoms with E-state index in [4.69, 9.17) is 0 Å². The van der Waals surface area contributed by atoms with Crippen LogP contribution in [0.25, 0.3) is 5.57 Å². The molecule has 0 aliphatic carbocycles. The number of aliphatic hydroxyl groups is 1. The summed E-state index contributed by atoms with van der Waals surface area (Å²) in [6, 6.07) is 19.9. The monoisotopic (exact) mass is 238 g/mol. The molecule has 18 heavy (non-hydrogen) atoms. The molecule has 92 valence electrons. The van der Waals surface area contributed by atoms with E-state index in [2.05, 4.69) is 19.1 Å². The molecule has 0 spiro atoms. The van der Waals surface area contributed by atoms with Crippen LogP contribution in [0.15, 0.2) is 66.2 Å². The first-order valence-corrected chi connectivity index (χ1v) is 6.16. The molecular weight excluding hydrogens is 220 g/mol. The predicted molar refractivity (Wildman–Crippen MR) is 76.1 cm³/mol. The van der Waals surface area contributed by atoms with E-state index in [1.807, 2.05) is 55.5 Å². The zero-order chi connectivity index (χ0) is 13.0. The predicted octanol–water partition coefficient (Wildman–Crippen LogP) is 4.21. The number of hydrogen-bond donors (Lipinski definition) is 1. The zero-order valence-corrected chi connectivity index (χ0v) is 10.8. The molecular formula is C17H18O. The first kappa shape index (κ1) is 12.6. The van der Waals surface area contributed by atoms with Gasteiger partial charge < -0.3 is 5.11 Å². The maximum atomic E-state index is 10.4. The number of rotatable bonds is 3. The van der Waals surface area contributed by atoms with Crippen molar-refractivity contribution in [2.24, 2.45) is 0 Å². The Hall–Kier alpha value is -1.86. The summed E-state index contributed by atoms with van der Waals surface area (Å²) >= 11 is 0. The van der Waals surface area contributed by atoms with Crippen molar-refractivity contribution in [1.82, 2.24) is 0 Å². The van der Waals surface area contributed by atoms with Crippen molar-refractivity contribution in [3.63, 3.8) is 0 Å². The Balaban J connectivity index is 2.33. The topological polar surface area (TPSA) is 20.2 Å². The molecule has 1 nitrogen and oxygen atoms in total. The fraction of sp³-hybridized carbons (Fsp3) is 0.176. The molecule has 2 aromatic rings. The van der Waals surface area contributed by atoms with E-state index >= 15 is 0 Å². The van der Waals surface area contributed by atoms with E-state index in [9.17, 15) is 5.11 Å². The van der Waals surface area contributed by atoms with Gasteiger partial charge in [-0.1, -0.05) is 60.7 Å². The summed E-state index contributed by atoms with van der Waals surface area (Å²) in [7, 11) is 0. The molecule has 1 N–H and O–H groups in total. The minimum atomic E-state index is -0.536. The van der Waals surface area contributed by atoms with Crippen LogP contribution in [0, 0.1) is 0 Å². The Morgan fingerprint density at radius 1 is 0.833 bits per heavy atom. The smallest absolute Gasteiger partial charge is 0.100 e. The summed E-state index contributed by atoms with van der Waals surface area (Å²) in [6.07, 6.45) is -0.536. The van der Waals surface area contributed by atoms with E-state index in [0.29, 0.717) is 0 Å². The van der Waals surface area contributed by atoms with Gasteiger partial charge >= 0.3 is 0 Å². The van der Waals surface area contributed by atoms with Crippen LogP contribution in [0.1, 0.15) is 31.1 Å². The van der Waals surface area contributed by atoms with Gasteiger partial charge in [-0.2, -0.15) is 0 Å². The molecule has 0 heterocycles. The normalized spacial score (nSPS) is 13.9. The SMILES string of the molecule is C/C(=C(/C)[C@H](O)c1ccccc1)c1ccccc1. The highest BCUT2D eigenvalue weighted by atomic mass is 16.3. The van der Waals surface area contributed by atoms with Crippen molar-refractivity contribution in [2.75, 3.05) is 0 Å². The van der Waals surface area contributed by atoms with Crippen LogP contribution in [0.5, 0.6) is 0 Å². The Morgan fingerprint density at radius 3 is 1.89 bits per heavy atom. The van der Waals surface area contributed by atoms with E-state index in [-0.39, 0.29) is 0 Å². The van der Waals surface area contributed by atoms with Crippen molar-refractivity contribution in [3.8, 4) is 0 Å². The molecule has 0 aliphatic rings. The molecule has 1 atom stereocenters. The van der Waals surface area contributed by atoms with Gasteiger partial charge in [0.15, 0.2) is 0 Å². The second-order valence-electron chi connectivity index (χ2n) is 4.49. The van der Waals surface area contributed by atoms with Crippen LogP contribution in [-0.2, 0) is 0 Å². The van der Waals surface area contributed by atoms with Gasteiger partial charge in [-0.25, -0.2) is 0 Å². The van der Waals surface area contributed by atoms with E-state index in [0.717, 1.165) is 22.3 Å². The summed E-state index contributed by atoms with van der Waals surface area (Å²) in [4.78, 5) is 0. The summed E-state index contributed by atoms with van der Waals surface area (Å²) < 4.78 is 0. The third kappa shape index (κ3) is 2.69. The molecule has 2 rings (SSSR count). The first-order chi connectivity index (χ1) is 8.70. The van der Waals surface area contributed by atoms with Crippen LogP contribution in [0.4, 0.5) is 0 Å². The second-order valence-corrected chi connectivity index (χ2v) is 4.49. The van der Waals surface area contributed by atoms with Gasteiger partial charge in [0.25, 0.3) is 0 Å². The summed E-state index contributed by atoms with van der Waals surface area (Å²) in [5.74, 6) is 0. The Labute approximate surface area is 108 Å². The zero-order valence-electron chi connectivity index (χ0n) is 10.8. The minimum Gasteiger partial charge on any atom is -0.384 e. The first-order valence-electron chi connectivity index (χ1n) is 6.16. The van der Waals surface area contributed by atoms with E-state index in [1.54, 1.807) is 0 Å². The van der Waals surface area contributed by atoms with Crippen LogP contribution < -0.4 is 0 Å². The lowest BCUT2D eigenvalue weighted by molar-refractivity contribution is 0.216.